The van der Waals surface area contributed by atoms with Crippen LogP contribution in [0.25, 0.3) is 0 Å². The molecule has 2 atom stereocenters. The molecule has 0 aliphatic heterocycles. The Morgan fingerprint density at radius 2 is 1.53 bits per heavy atom. The van der Waals surface area contributed by atoms with E-state index in [-0.39, 0.29) is 12.8 Å². The van der Waals surface area contributed by atoms with Crippen LogP contribution in [0, 0.1) is 0 Å². The highest BCUT2D eigenvalue weighted by Crippen LogP contribution is 2.29. The zero-order valence-electron chi connectivity index (χ0n) is 17.1. The van der Waals surface area contributed by atoms with Gasteiger partial charge in [0.2, 0.25) is 17.7 Å². The maximum Gasteiger partial charge on any atom is 0.416 e. The Kier molecular flexibility index (Phi) is 8.77. The van der Waals surface area contributed by atoms with E-state index in [1.807, 2.05) is 30.3 Å². The third-order valence-corrected chi connectivity index (χ3v) is 4.74. The summed E-state index contributed by atoms with van der Waals surface area (Å²) in [5, 5.41) is 13.8. The summed E-state index contributed by atoms with van der Waals surface area (Å²) >= 11 is 0. The number of hydrogen-bond acceptors (Lipinski definition) is 4. The molecule has 0 unspecified atom stereocenters. The molecule has 0 aliphatic rings. The van der Waals surface area contributed by atoms with Gasteiger partial charge < -0.3 is 21.5 Å². The van der Waals surface area contributed by atoms with E-state index < -0.39 is 48.2 Å². The summed E-state index contributed by atoms with van der Waals surface area (Å²) in [5.41, 5.74) is 5.80. The van der Waals surface area contributed by atoms with Crippen LogP contribution < -0.4 is 16.4 Å². The van der Waals surface area contributed by atoms with Crippen LogP contribution in [0.15, 0.2) is 54.6 Å². The van der Waals surface area contributed by atoms with Gasteiger partial charge in [0.25, 0.3) is 0 Å². The summed E-state index contributed by atoms with van der Waals surface area (Å²) in [5.74, 6) is -2.34. The van der Waals surface area contributed by atoms with Gasteiger partial charge in [-0.15, -0.1) is 0 Å². The van der Waals surface area contributed by atoms with Crippen molar-refractivity contribution < 1.29 is 32.7 Å². The Labute approximate surface area is 182 Å². The number of aliphatic hydroxyl groups is 1. The molecule has 0 spiro atoms. The predicted octanol–water partition coefficient (Wildman–Crippen LogP) is 1.33. The summed E-state index contributed by atoms with van der Waals surface area (Å²) in [6.07, 6.45) is -4.00. The molecule has 0 bridgehead atoms. The van der Waals surface area contributed by atoms with Gasteiger partial charge in [-0.3, -0.25) is 14.4 Å². The van der Waals surface area contributed by atoms with Crippen molar-refractivity contribution in [1.29, 1.82) is 0 Å². The van der Waals surface area contributed by atoms with E-state index in [4.69, 9.17) is 10.8 Å². The molecule has 3 amide bonds. The second kappa shape index (κ2) is 11.3. The zero-order chi connectivity index (χ0) is 23.7. The van der Waals surface area contributed by atoms with Gasteiger partial charge in [0.1, 0.15) is 18.7 Å². The van der Waals surface area contributed by atoms with E-state index in [1.165, 1.54) is 12.1 Å². The first-order chi connectivity index (χ1) is 15.1. The predicted molar refractivity (Wildman–Crippen MR) is 110 cm³/mol. The maximum absolute atomic E-state index is 12.7. The van der Waals surface area contributed by atoms with Crippen molar-refractivity contribution in [3.8, 4) is 0 Å². The van der Waals surface area contributed by atoms with E-state index in [1.54, 1.807) is 0 Å². The number of alkyl halides is 3. The summed E-state index contributed by atoms with van der Waals surface area (Å²) < 4.78 is 38.1. The quantitative estimate of drug-likeness (QED) is 0.435. The van der Waals surface area contributed by atoms with Crippen molar-refractivity contribution in [2.45, 2.75) is 37.5 Å². The van der Waals surface area contributed by atoms with E-state index in [9.17, 15) is 27.6 Å². The summed E-state index contributed by atoms with van der Waals surface area (Å²) in [4.78, 5) is 36.2. The number of benzene rings is 2. The van der Waals surface area contributed by atoms with E-state index in [0.717, 1.165) is 17.7 Å². The summed E-state index contributed by atoms with van der Waals surface area (Å²) in [7, 11) is 0. The molecule has 0 aromatic heterocycles. The maximum atomic E-state index is 12.7. The molecule has 0 radical (unpaired) electrons. The fraction of sp³-hybridized carbons (Fsp3) is 0.318. The molecule has 2 rings (SSSR count). The third kappa shape index (κ3) is 7.69. The van der Waals surface area contributed by atoms with E-state index in [0.29, 0.717) is 12.0 Å². The molecule has 10 heteroatoms. The van der Waals surface area contributed by atoms with Gasteiger partial charge in [0.05, 0.1) is 5.56 Å². The van der Waals surface area contributed by atoms with Gasteiger partial charge in [-0.25, -0.2) is 0 Å². The second-order valence-corrected chi connectivity index (χ2v) is 7.16. The Morgan fingerprint density at radius 1 is 0.906 bits per heavy atom. The molecule has 0 saturated carbocycles. The second-order valence-electron chi connectivity index (χ2n) is 7.16. The zero-order valence-corrected chi connectivity index (χ0v) is 17.1. The van der Waals surface area contributed by atoms with Crippen LogP contribution in [0.4, 0.5) is 13.2 Å². The molecule has 2 aromatic carbocycles. The lowest BCUT2D eigenvalue weighted by Gasteiger charge is -2.22. The largest absolute Gasteiger partial charge is 0.416 e. The minimum Gasteiger partial charge on any atom is -0.387 e. The van der Waals surface area contributed by atoms with Gasteiger partial charge in [-0.05, 0) is 36.1 Å². The van der Waals surface area contributed by atoms with Crippen LogP contribution >= 0.6 is 0 Å². The number of primary amides is 1. The highest BCUT2D eigenvalue weighted by molar-refractivity contribution is 5.91. The van der Waals surface area contributed by atoms with Gasteiger partial charge in [0.15, 0.2) is 0 Å². The molecule has 0 heterocycles. The van der Waals surface area contributed by atoms with Crippen LogP contribution in [0.5, 0.6) is 0 Å². The van der Waals surface area contributed by atoms with E-state index in [2.05, 4.69) is 10.6 Å². The minimum atomic E-state index is -4.49. The van der Waals surface area contributed by atoms with Crippen molar-refractivity contribution >= 4 is 17.7 Å². The van der Waals surface area contributed by atoms with Crippen molar-refractivity contribution in [3.05, 3.63) is 71.3 Å². The number of aliphatic hydroxyl groups excluding tert-OH is 1. The third-order valence-electron chi connectivity index (χ3n) is 4.74. The van der Waals surface area contributed by atoms with Crippen LogP contribution in [0.1, 0.15) is 23.1 Å². The van der Waals surface area contributed by atoms with Gasteiger partial charge >= 0.3 is 6.18 Å². The average Bonchev–Trinajstić information content (AvgIpc) is 2.76. The SMILES string of the molecule is NC(=O)[C@H](Cc1ccc(C(F)(F)F)cc1)NC(=O)[C@@H](CCc1ccccc1)NC(=O)CO. The van der Waals surface area contributed by atoms with Gasteiger partial charge in [-0.1, -0.05) is 42.5 Å². The van der Waals surface area contributed by atoms with Gasteiger partial charge in [0, 0.05) is 6.42 Å². The first-order valence-corrected chi connectivity index (χ1v) is 9.80. The number of amides is 3. The Balaban J connectivity index is 2.08. The molecular formula is C22H24F3N3O4. The minimum absolute atomic E-state index is 0.126. The molecular weight excluding hydrogens is 427 g/mol. The molecule has 0 fully saturated rings. The highest BCUT2D eigenvalue weighted by Gasteiger charge is 2.30. The van der Waals surface area contributed by atoms with Crippen LogP contribution in [0.3, 0.4) is 0 Å². The highest BCUT2D eigenvalue weighted by atomic mass is 19.4. The number of aryl methyl sites for hydroxylation is 1. The number of rotatable bonds is 10. The van der Waals surface area contributed by atoms with E-state index >= 15 is 0 Å². The molecule has 2 aromatic rings. The molecule has 172 valence electrons. The normalized spacial score (nSPS) is 13.1. The monoisotopic (exact) mass is 451 g/mol. The van der Waals surface area contributed by atoms with Crippen molar-refractivity contribution in [1.82, 2.24) is 10.6 Å². The molecule has 7 nitrogen and oxygen atoms in total. The lowest BCUT2D eigenvalue weighted by atomic mass is 10.0. The smallest absolute Gasteiger partial charge is 0.387 e. The average molecular weight is 451 g/mol. The molecule has 5 N–H and O–H groups in total. The van der Waals surface area contributed by atoms with Crippen LogP contribution in [-0.4, -0.2) is 41.5 Å². The first kappa shape index (κ1) is 24.9. The van der Waals surface area contributed by atoms with Gasteiger partial charge in [-0.2, -0.15) is 13.2 Å². The molecule has 0 saturated heterocycles. The fourth-order valence-corrected chi connectivity index (χ4v) is 3.03. The first-order valence-electron chi connectivity index (χ1n) is 9.80. The topological polar surface area (TPSA) is 122 Å². The Morgan fingerprint density at radius 3 is 2.06 bits per heavy atom. The van der Waals surface area contributed by atoms with Crippen molar-refractivity contribution in [2.24, 2.45) is 5.73 Å². The fourth-order valence-electron chi connectivity index (χ4n) is 3.03. The number of carbonyl (C=O) groups excluding carboxylic acids is 3. The van der Waals surface area contributed by atoms with Crippen molar-refractivity contribution in [2.75, 3.05) is 6.61 Å². The molecule has 32 heavy (non-hydrogen) atoms. The lowest BCUT2D eigenvalue weighted by Crippen LogP contribution is -2.54. The van der Waals surface area contributed by atoms with Crippen LogP contribution in [-0.2, 0) is 33.4 Å². The van der Waals surface area contributed by atoms with Crippen LogP contribution in [0.2, 0.25) is 0 Å². The Hall–Kier alpha value is -3.40. The standard InChI is InChI=1S/C22H24F3N3O4/c23-22(24,25)16-9-6-15(7-10-16)12-18(20(26)31)28-21(32)17(27-19(30)13-29)11-8-14-4-2-1-3-5-14/h1-7,9-10,17-18,29H,8,11-13H2,(H2,26,31)(H,27,30)(H,28,32)/t17-,18+/m1/s1. The lowest BCUT2D eigenvalue weighted by molar-refractivity contribution is -0.137. The molecule has 0 aliphatic carbocycles. The number of hydrogen-bond donors (Lipinski definition) is 4. The Bertz CT molecular complexity index is 918. The summed E-state index contributed by atoms with van der Waals surface area (Å²) in [6.45, 7) is -0.820. The number of nitrogens with two attached hydrogens (primary N) is 1. The number of halogens is 3. The summed E-state index contributed by atoms with van der Waals surface area (Å²) in [6, 6.07) is 11.1. The number of nitrogens with one attached hydrogen (secondary N) is 2. The van der Waals surface area contributed by atoms with Crippen molar-refractivity contribution in [3.63, 3.8) is 0 Å². The number of carbonyl (C=O) groups is 3.